The fourth-order valence-corrected chi connectivity index (χ4v) is 7.30. The van der Waals surface area contributed by atoms with E-state index in [4.69, 9.17) is 43.1 Å². The largest absolute Gasteiger partial charge is 0.497 e. The summed E-state index contributed by atoms with van der Waals surface area (Å²) in [5, 5.41) is 59.4. The Morgan fingerprint density at radius 3 is 1.54 bits per heavy atom. The molecule has 586 valence electrons. The van der Waals surface area contributed by atoms with E-state index in [1.807, 2.05) is 32.9 Å². The third-order valence-electron chi connectivity index (χ3n) is 11.9. The van der Waals surface area contributed by atoms with E-state index >= 15 is 0 Å². The summed E-state index contributed by atoms with van der Waals surface area (Å²) in [6.45, 7) is 9.38. The minimum absolute atomic E-state index is 0. The minimum atomic E-state index is -1.22. The first-order valence-corrected chi connectivity index (χ1v) is 30.6. The highest BCUT2D eigenvalue weighted by Crippen LogP contribution is 2.26. The molecular weight excluding hydrogens is 1390 g/mol. The number of carbonyl (C=O) groups excluding carboxylic acids is 4. The number of nitrogens with one attached hydrogen (secondary N) is 4. The second-order valence-corrected chi connectivity index (χ2v) is 19.7. The van der Waals surface area contributed by atoms with Gasteiger partial charge in [-0.05, 0) is 208 Å². The third-order valence-corrected chi connectivity index (χ3v) is 11.9. The molecule has 2 aromatic carbocycles. The number of guanidine groups is 1. The van der Waals surface area contributed by atoms with Gasteiger partial charge in [0, 0.05) is 194 Å². The first-order valence-electron chi connectivity index (χ1n) is 30.6. The van der Waals surface area contributed by atoms with E-state index in [0.717, 1.165) is 5.56 Å². The van der Waals surface area contributed by atoms with Crippen molar-refractivity contribution in [1.82, 2.24) is 21.3 Å². The molecule has 0 saturated heterocycles. The van der Waals surface area contributed by atoms with Crippen LogP contribution < -0.4 is 32.2 Å². The van der Waals surface area contributed by atoms with Gasteiger partial charge in [0.1, 0.15) is 23.6 Å². The van der Waals surface area contributed by atoms with Gasteiger partial charge in [-0.1, -0.05) is 82.5 Å². The van der Waals surface area contributed by atoms with Gasteiger partial charge in [0.2, 0.25) is 11.8 Å². The summed E-state index contributed by atoms with van der Waals surface area (Å²) >= 11 is 0. The molecule has 0 aliphatic carbocycles. The first-order chi connectivity index (χ1) is 52.5. The van der Waals surface area contributed by atoms with Crippen molar-refractivity contribution in [2.45, 2.75) is 91.3 Å². The summed E-state index contributed by atoms with van der Waals surface area (Å²) in [7, 11) is 1.55. The number of nitrogens with two attached hydrogens (primary N) is 2. The van der Waals surface area contributed by atoms with Gasteiger partial charge in [-0.15, -0.1) is 6.42 Å². The minimum Gasteiger partial charge on any atom is -0.497 e. The fourth-order valence-electron chi connectivity index (χ4n) is 7.30. The summed E-state index contributed by atoms with van der Waals surface area (Å²) in [5.74, 6) is 88.2. The molecule has 108 heavy (non-hydrogen) atoms. The van der Waals surface area contributed by atoms with E-state index < -0.39 is 53.5 Å². The molecule has 0 fully saturated rings. The number of carboxylic acid groups (broad SMARTS) is 1. The van der Waals surface area contributed by atoms with Crippen LogP contribution in [0.15, 0.2) is 102 Å². The zero-order valence-electron chi connectivity index (χ0n) is 58.3. The molecule has 0 radical (unpaired) electrons. The molecule has 1 aromatic heterocycles. The lowest BCUT2D eigenvalue weighted by atomic mass is 9.88. The Kier molecular flexibility index (Phi) is 51.1. The van der Waals surface area contributed by atoms with Crippen molar-refractivity contribution in [3.8, 4) is 243 Å². The number of nitrogens with zero attached hydrogens (tertiary/aromatic N) is 7. The monoisotopic (exact) mass is 1500 g/mol. The van der Waals surface area contributed by atoms with E-state index in [0.29, 0.717) is 36.3 Å². The summed E-state index contributed by atoms with van der Waals surface area (Å²) in [4.78, 5) is 78.5. The molecule has 29 nitrogen and oxygen atoms in total. The van der Waals surface area contributed by atoms with Gasteiger partial charge in [-0.2, -0.15) is 5.53 Å². The molecular formula is C79H109N13O16. The summed E-state index contributed by atoms with van der Waals surface area (Å²) in [6, 6.07) is 15.9. The zero-order chi connectivity index (χ0) is 79.3. The number of aliphatic imine (C=N–C) groups is 1. The predicted octanol–water partition coefficient (Wildman–Crippen LogP) is 11.2. The predicted molar refractivity (Wildman–Crippen MR) is 439 cm³/mol. The van der Waals surface area contributed by atoms with Gasteiger partial charge >= 0.3 is 5.97 Å². The number of carboxylic acids is 1. The number of methoxy groups -OCH3 is 1. The number of terminal acetylenes is 1. The number of Topliss-reactive ketones (excluding diaryl/α,β-unsaturated/α-hetero) is 1. The standard InChI is InChI=1S/C40H54N6O8.C39H4.H3N7O8.24H2/c1-6-25(4)35(38(50)45-31(39(51)52)21-26-12-8-7-9-13-26)46-36(48)28(20-24(2)3)23-32(47)30(16-11-19-43-40(41)42)44-37(49)34-18-17-33(54-34)27-14-10-15-29(22-27)53-5;1-3-5-7-9-11-13-15-17-19-21-23-25-27-29-31-33-35-37-39-38-36-34-32-30-28-26-24-22-20-18-16-14-12-10-8-6-4-2;1-2-3-4-5-6-7(10-14-12-8)11-15-13-9;;;;;;;;;;;;;;;;;;;;;;;;/h7-10,12-15,17-18,22,24-25,28,30-31,35H,6,11,16,19-21,23H2,1-5H3,(H,44,49)(H,45,50)(H,46,48)(H,51,52)(H4,41,42,43);1H,2H3;1,8-9H;24*1H/b;;2-1?,4-3+,6-5+;;;;;;;;;;;;;;;;;;;;;;;;/t25-,28+,30-,31-,35-;;;;;;;;;;;;;;;;;;;;;;;;;;/m0........................../s1. The molecule has 1 heterocycles. The summed E-state index contributed by atoms with van der Waals surface area (Å²) in [5.41, 5.74) is 18.5. The summed E-state index contributed by atoms with van der Waals surface area (Å²) in [6.07, 6.45) is 6.12. The van der Waals surface area contributed by atoms with Crippen LogP contribution in [-0.2, 0) is 55.7 Å². The van der Waals surface area contributed by atoms with Crippen LogP contribution in [0.25, 0.3) is 11.3 Å². The Labute approximate surface area is 659 Å². The Morgan fingerprint density at radius 1 is 0.620 bits per heavy atom. The van der Waals surface area contributed by atoms with Crippen molar-refractivity contribution >= 4 is 35.4 Å². The lowest BCUT2D eigenvalue weighted by Gasteiger charge is -2.28. The molecule has 0 unspecified atom stereocenters. The number of hydrogen-bond donors (Lipinski definition) is 9. The van der Waals surface area contributed by atoms with E-state index in [2.05, 4.69) is 296 Å². The van der Waals surface area contributed by atoms with E-state index in [-0.39, 0.29) is 88.9 Å². The molecule has 0 aliphatic rings. The van der Waals surface area contributed by atoms with Crippen molar-refractivity contribution in [1.29, 1.82) is 5.53 Å². The second-order valence-electron chi connectivity index (χ2n) is 19.7. The molecule has 0 spiro atoms. The molecule has 0 bridgehead atoms. The van der Waals surface area contributed by atoms with Crippen LogP contribution in [0, 0.1) is 249 Å². The maximum Gasteiger partial charge on any atom is 0.326 e. The van der Waals surface area contributed by atoms with Gasteiger partial charge in [-0.25, -0.2) is 15.3 Å². The van der Waals surface area contributed by atoms with Gasteiger partial charge in [0.25, 0.3) is 5.91 Å². The van der Waals surface area contributed by atoms with Crippen molar-refractivity contribution in [2.24, 2.45) is 60.3 Å². The zero-order valence-corrected chi connectivity index (χ0v) is 58.3. The smallest absolute Gasteiger partial charge is 0.326 e. The number of ketones is 1. The Morgan fingerprint density at radius 2 is 1.11 bits per heavy atom. The quantitative estimate of drug-likeness (QED) is 0.00549. The van der Waals surface area contributed by atoms with E-state index in [9.17, 15) is 29.1 Å². The lowest BCUT2D eigenvalue weighted by Crippen LogP contribution is -2.55. The van der Waals surface area contributed by atoms with Crippen LogP contribution >= 0.6 is 0 Å². The van der Waals surface area contributed by atoms with Crippen molar-refractivity contribution in [2.75, 3.05) is 13.7 Å². The highest BCUT2D eigenvalue weighted by atomic mass is 17.7. The molecule has 11 N–H and O–H groups in total. The van der Waals surface area contributed by atoms with Crippen LogP contribution in [0.5, 0.6) is 5.75 Å². The Bertz CT molecular complexity index is 5090. The number of rotatable bonds is 31. The Balaban J connectivity index is -0.0000000612. The van der Waals surface area contributed by atoms with Crippen molar-refractivity contribution < 1.29 is 113 Å². The summed E-state index contributed by atoms with van der Waals surface area (Å²) < 4.78 is 11.1. The van der Waals surface area contributed by atoms with Crippen LogP contribution in [0.3, 0.4) is 0 Å². The third kappa shape index (κ3) is 46.6. The average molecular weight is 1500 g/mol. The number of furan rings is 1. The molecule has 5 atom stereocenters. The normalized spacial score (nSPS) is 9.89. The highest BCUT2D eigenvalue weighted by Gasteiger charge is 2.34. The van der Waals surface area contributed by atoms with Crippen LogP contribution in [0.2, 0.25) is 0 Å². The number of aliphatic carboxylic acids is 1. The van der Waals surface area contributed by atoms with Gasteiger partial charge in [-0.3, -0.25) is 24.2 Å². The average Bonchev–Trinajstić information content (AvgIpc) is 1.01. The molecule has 3 amide bonds. The highest BCUT2D eigenvalue weighted by molar-refractivity contribution is 5.98. The van der Waals surface area contributed by atoms with E-state index in [1.54, 1.807) is 69.5 Å². The van der Waals surface area contributed by atoms with Gasteiger partial charge < -0.3 is 41.7 Å². The van der Waals surface area contributed by atoms with Gasteiger partial charge in [0.05, 0.1) is 18.5 Å². The van der Waals surface area contributed by atoms with E-state index in [1.165, 1.54) is 6.07 Å². The maximum absolute atomic E-state index is 14.0. The van der Waals surface area contributed by atoms with Crippen LogP contribution in [-0.4, -0.2) is 88.2 Å². The molecule has 3 aromatic rings. The van der Waals surface area contributed by atoms with Gasteiger partial charge in [0.15, 0.2) is 17.5 Å². The van der Waals surface area contributed by atoms with Crippen LogP contribution in [0.1, 0.15) is 117 Å². The molecule has 0 aliphatic heterocycles. The number of carbonyl (C=O) groups is 5. The lowest BCUT2D eigenvalue weighted by molar-refractivity contribution is -0.764. The van der Waals surface area contributed by atoms with Crippen molar-refractivity contribution in [3.05, 3.63) is 78.1 Å². The SMILES string of the molecule is C#CC#CC#CC#CC#CC#CC#CC#CC#CC#CC#CC#CC#CC#CC#CC#CC#CC#CC#CC.CC[C@H](C)[C@H](NC(=O)[C@@H](CC(=O)[C@H](CCCN=C(N)N)NC(=O)c1ccc(-c2cccc(OC)c2)o1)CC(C)C)C(=O)N[C@@H](Cc1ccccc1)C(=O)O.N=N/N=N/N=N/N(OOOO)OOOO.[HH].[HH].[HH].[HH].[HH].[HH].[HH].[HH].[HH].[HH].[HH].[HH].[HH].[HH].[HH].[HH].[HH].[HH].[HH].[HH].[HH].[HH].[HH].[HH]. The van der Waals surface area contributed by atoms with Crippen molar-refractivity contribution in [3.63, 3.8) is 0 Å². The molecule has 0 saturated carbocycles. The topological polar surface area (TPSA) is 413 Å². The first kappa shape index (κ1) is 90.3. The number of ether oxygens (including phenoxy) is 1. The Hall–Kier alpha value is -15.7. The number of hydrogen-bond acceptors (Lipinski definition) is 18. The fraction of sp³-hybridized carbons (Fsp3) is 0.241. The second kappa shape index (κ2) is 61.2. The maximum atomic E-state index is 14.0. The molecule has 29 heteroatoms. The number of benzene rings is 2. The molecule has 3 rings (SSSR count). The van der Waals surface area contributed by atoms with Crippen LogP contribution in [0.4, 0.5) is 0 Å². The number of amides is 3.